The van der Waals surface area contributed by atoms with Crippen molar-refractivity contribution in [3.8, 4) is 0 Å². The lowest BCUT2D eigenvalue weighted by Crippen LogP contribution is -2.51. The monoisotopic (exact) mass is 409 g/mol. The Bertz CT molecular complexity index is 1020. The third-order valence-corrected chi connectivity index (χ3v) is 6.21. The zero-order valence-corrected chi connectivity index (χ0v) is 17.3. The van der Waals surface area contributed by atoms with Crippen LogP contribution in [0.5, 0.6) is 0 Å². The van der Waals surface area contributed by atoms with Gasteiger partial charge in [0.25, 0.3) is 0 Å². The summed E-state index contributed by atoms with van der Waals surface area (Å²) in [6.07, 6.45) is 0.482. The molecular weight excluding hydrogens is 386 g/mol. The van der Waals surface area contributed by atoms with E-state index in [1.54, 1.807) is 16.2 Å². The molecular formula is C22H23N3O3S. The van der Waals surface area contributed by atoms with E-state index in [1.807, 2.05) is 60.5 Å². The number of hydrogen-bond donors (Lipinski definition) is 0. The number of aromatic nitrogens is 1. The van der Waals surface area contributed by atoms with Gasteiger partial charge in [-0.25, -0.2) is 9.78 Å². The van der Waals surface area contributed by atoms with Gasteiger partial charge in [-0.2, -0.15) is 0 Å². The Labute approximate surface area is 173 Å². The average Bonchev–Trinajstić information content (AvgIpc) is 3.14. The van der Waals surface area contributed by atoms with E-state index in [4.69, 9.17) is 4.74 Å². The molecule has 0 bridgehead atoms. The minimum Gasteiger partial charge on any atom is -0.467 e. The molecule has 0 saturated carbocycles. The SMILES string of the molecule is COC(=O)C1Cc2ccccc2CN1C(=O)CN(C)Cc1nc2ccccc2s1. The lowest BCUT2D eigenvalue weighted by molar-refractivity contribution is -0.154. The quantitative estimate of drug-likeness (QED) is 0.607. The zero-order valence-electron chi connectivity index (χ0n) is 16.5. The molecule has 1 aliphatic heterocycles. The lowest BCUT2D eigenvalue weighted by Gasteiger charge is -2.36. The predicted molar refractivity (Wildman–Crippen MR) is 112 cm³/mol. The number of esters is 1. The molecule has 7 heteroatoms. The number of ether oxygens (including phenoxy) is 1. The molecule has 0 radical (unpaired) electrons. The van der Waals surface area contributed by atoms with Crippen LogP contribution in [-0.2, 0) is 33.8 Å². The Morgan fingerprint density at radius 2 is 1.90 bits per heavy atom. The highest BCUT2D eigenvalue weighted by Gasteiger charge is 2.35. The van der Waals surface area contributed by atoms with Gasteiger partial charge in [-0.05, 0) is 30.3 Å². The molecule has 3 aromatic rings. The van der Waals surface area contributed by atoms with Crippen molar-refractivity contribution >= 4 is 33.4 Å². The highest BCUT2D eigenvalue weighted by Crippen LogP contribution is 2.25. The van der Waals surface area contributed by atoms with Gasteiger partial charge >= 0.3 is 5.97 Å². The van der Waals surface area contributed by atoms with Gasteiger partial charge in [-0.3, -0.25) is 9.69 Å². The Morgan fingerprint density at radius 3 is 2.66 bits per heavy atom. The van der Waals surface area contributed by atoms with E-state index in [-0.39, 0.29) is 18.4 Å². The van der Waals surface area contributed by atoms with E-state index >= 15 is 0 Å². The van der Waals surface area contributed by atoms with Gasteiger partial charge in [0.1, 0.15) is 11.0 Å². The first-order valence-corrected chi connectivity index (χ1v) is 10.3. The first-order chi connectivity index (χ1) is 14.0. The number of rotatable bonds is 5. The zero-order chi connectivity index (χ0) is 20.4. The fraction of sp³-hybridized carbons (Fsp3) is 0.318. The van der Waals surface area contributed by atoms with E-state index in [1.165, 1.54) is 7.11 Å². The summed E-state index contributed by atoms with van der Waals surface area (Å²) < 4.78 is 6.10. The lowest BCUT2D eigenvalue weighted by atomic mass is 9.94. The highest BCUT2D eigenvalue weighted by molar-refractivity contribution is 7.18. The molecule has 1 aliphatic rings. The van der Waals surface area contributed by atoms with E-state index in [9.17, 15) is 9.59 Å². The summed E-state index contributed by atoms with van der Waals surface area (Å²) in [6.45, 7) is 1.22. The molecule has 1 amide bonds. The van der Waals surface area contributed by atoms with Crippen LogP contribution < -0.4 is 0 Å². The molecule has 2 heterocycles. The molecule has 0 spiro atoms. The first-order valence-electron chi connectivity index (χ1n) is 9.52. The number of hydrogen-bond acceptors (Lipinski definition) is 6. The maximum absolute atomic E-state index is 13.1. The van der Waals surface area contributed by atoms with Crippen molar-refractivity contribution in [2.45, 2.75) is 25.6 Å². The molecule has 0 saturated heterocycles. The van der Waals surface area contributed by atoms with E-state index in [0.29, 0.717) is 19.5 Å². The second-order valence-corrected chi connectivity index (χ2v) is 8.40. The highest BCUT2D eigenvalue weighted by atomic mass is 32.1. The van der Waals surface area contributed by atoms with Crippen LogP contribution in [0.4, 0.5) is 0 Å². The van der Waals surface area contributed by atoms with Gasteiger partial charge in [0.15, 0.2) is 0 Å². The van der Waals surface area contributed by atoms with Crippen LogP contribution in [0.1, 0.15) is 16.1 Å². The summed E-state index contributed by atoms with van der Waals surface area (Å²) in [6, 6.07) is 15.4. The molecule has 150 valence electrons. The molecule has 0 fully saturated rings. The van der Waals surface area contributed by atoms with Crippen molar-refractivity contribution in [3.63, 3.8) is 0 Å². The minimum absolute atomic E-state index is 0.0847. The van der Waals surface area contributed by atoms with Crippen LogP contribution in [0.15, 0.2) is 48.5 Å². The van der Waals surface area contributed by atoms with Crippen molar-refractivity contribution in [2.75, 3.05) is 20.7 Å². The first kappa shape index (κ1) is 19.5. The maximum Gasteiger partial charge on any atom is 0.328 e. The Balaban J connectivity index is 1.47. The number of carbonyl (C=O) groups is 2. The van der Waals surface area contributed by atoms with Crippen molar-refractivity contribution in [1.82, 2.24) is 14.8 Å². The molecule has 6 nitrogen and oxygen atoms in total. The van der Waals surface area contributed by atoms with Crippen LogP contribution in [0.3, 0.4) is 0 Å². The largest absolute Gasteiger partial charge is 0.467 e. The van der Waals surface area contributed by atoms with E-state index in [0.717, 1.165) is 26.4 Å². The number of nitrogens with zero attached hydrogens (tertiary/aromatic N) is 3. The number of amides is 1. The number of likely N-dealkylation sites (N-methyl/N-ethyl adjacent to an activating group) is 1. The van der Waals surface area contributed by atoms with Gasteiger partial charge in [0, 0.05) is 13.0 Å². The number of methoxy groups -OCH3 is 1. The summed E-state index contributed by atoms with van der Waals surface area (Å²) in [5, 5.41) is 0.968. The molecule has 0 N–H and O–H groups in total. The van der Waals surface area contributed by atoms with Crippen LogP contribution >= 0.6 is 11.3 Å². The normalized spacial score (nSPS) is 16.1. The van der Waals surface area contributed by atoms with Crippen LogP contribution in [0, 0.1) is 0 Å². The third-order valence-electron chi connectivity index (χ3n) is 5.19. The smallest absolute Gasteiger partial charge is 0.328 e. The third kappa shape index (κ3) is 4.16. The summed E-state index contributed by atoms with van der Waals surface area (Å²) in [4.78, 5) is 33.6. The fourth-order valence-corrected chi connectivity index (χ4v) is 4.78. The molecule has 1 aromatic heterocycles. The summed E-state index contributed by atoms with van der Waals surface area (Å²) in [7, 11) is 3.26. The molecule has 0 aliphatic carbocycles. The number of fused-ring (bicyclic) bond motifs is 2. The molecule has 1 atom stereocenters. The number of thiazole rings is 1. The van der Waals surface area contributed by atoms with Gasteiger partial charge in [-0.1, -0.05) is 36.4 Å². The van der Waals surface area contributed by atoms with E-state index < -0.39 is 6.04 Å². The van der Waals surface area contributed by atoms with Crippen molar-refractivity contribution in [1.29, 1.82) is 0 Å². The molecule has 1 unspecified atom stereocenters. The van der Waals surface area contributed by atoms with Gasteiger partial charge in [-0.15, -0.1) is 11.3 Å². The summed E-state index contributed by atoms with van der Waals surface area (Å²) in [5.74, 6) is -0.458. The van der Waals surface area contributed by atoms with Crippen molar-refractivity contribution in [3.05, 3.63) is 64.7 Å². The Morgan fingerprint density at radius 1 is 1.17 bits per heavy atom. The van der Waals surface area contributed by atoms with Gasteiger partial charge in [0.2, 0.25) is 5.91 Å². The summed E-state index contributed by atoms with van der Waals surface area (Å²) >= 11 is 1.64. The van der Waals surface area contributed by atoms with E-state index in [2.05, 4.69) is 4.98 Å². The van der Waals surface area contributed by atoms with Crippen LogP contribution in [0.2, 0.25) is 0 Å². The predicted octanol–water partition coefficient (Wildman–Crippen LogP) is 2.85. The molecule has 4 rings (SSSR count). The van der Waals surface area contributed by atoms with Crippen molar-refractivity contribution < 1.29 is 14.3 Å². The number of benzene rings is 2. The average molecular weight is 410 g/mol. The summed E-state index contributed by atoms with van der Waals surface area (Å²) in [5.41, 5.74) is 3.15. The van der Waals surface area contributed by atoms with Crippen LogP contribution in [0.25, 0.3) is 10.2 Å². The second kappa shape index (κ2) is 8.31. The minimum atomic E-state index is -0.585. The van der Waals surface area contributed by atoms with Crippen molar-refractivity contribution in [2.24, 2.45) is 0 Å². The standard InChI is InChI=1S/C22H23N3O3S/c1-24(13-20-23-17-9-5-6-10-19(17)29-20)14-21(26)25-12-16-8-4-3-7-15(16)11-18(25)22(27)28-2/h3-10,18H,11-14H2,1-2H3. The Hall–Kier alpha value is -2.77. The van der Waals surface area contributed by atoms with Crippen LogP contribution in [-0.4, -0.2) is 53.4 Å². The number of carbonyl (C=O) groups excluding carboxylic acids is 2. The fourth-order valence-electron chi connectivity index (χ4n) is 3.73. The van der Waals surface area contributed by atoms with Gasteiger partial charge in [0.05, 0.1) is 30.4 Å². The maximum atomic E-state index is 13.1. The second-order valence-electron chi connectivity index (χ2n) is 7.28. The number of para-hydroxylation sites is 1. The Kier molecular flexibility index (Phi) is 5.60. The molecule has 29 heavy (non-hydrogen) atoms. The molecule has 2 aromatic carbocycles. The van der Waals surface area contributed by atoms with Gasteiger partial charge < -0.3 is 9.64 Å². The topological polar surface area (TPSA) is 62.7 Å².